The molecule has 0 aliphatic carbocycles. The number of hydrogen-bond acceptors (Lipinski definition) is 7. The van der Waals surface area contributed by atoms with E-state index in [4.69, 9.17) is 13.9 Å². The second-order valence-corrected chi connectivity index (χ2v) is 9.88. The number of amides is 1. The lowest BCUT2D eigenvalue weighted by atomic mass is 10.1. The lowest BCUT2D eigenvalue weighted by Gasteiger charge is -2.31. The van der Waals surface area contributed by atoms with E-state index in [1.54, 1.807) is 12.1 Å². The summed E-state index contributed by atoms with van der Waals surface area (Å²) in [5.74, 6) is 1.04. The van der Waals surface area contributed by atoms with Crippen molar-refractivity contribution in [3.63, 3.8) is 0 Å². The highest BCUT2D eigenvalue weighted by molar-refractivity contribution is 7.89. The van der Waals surface area contributed by atoms with Crippen LogP contribution in [0.5, 0.6) is 0 Å². The minimum absolute atomic E-state index is 0.100. The van der Waals surface area contributed by atoms with Crippen LogP contribution in [0.3, 0.4) is 0 Å². The van der Waals surface area contributed by atoms with Gasteiger partial charge >= 0.3 is 0 Å². The summed E-state index contributed by atoms with van der Waals surface area (Å²) in [6.07, 6.45) is 0. The Morgan fingerprint density at radius 3 is 2.28 bits per heavy atom. The van der Waals surface area contributed by atoms with E-state index in [1.807, 2.05) is 30.9 Å². The number of sulfonamides is 1. The Kier molecular flexibility index (Phi) is 6.85. The van der Waals surface area contributed by atoms with Gasteiger partial charge in [0.1, 0.15) is 11.5 Å². The molecule has 1 N–H and O–H groups in total. The molecule has 0 radical (unpaired) electrons. The number of hydrogen-bond donors (Lipinski definition) is 1. The number of carbonyl (C=O) groups excluding carboxylic acids is 1. The van der Waals surface area contributed by atoms with E-state index in [2.05, 4.69) is 5.32 Å². The molecule has 2 fully saturated rings. The molecule has 1 unspecified atom stereocenters. The molecule has 0 spiro atoms. The number of morpholine rings is 2. The molecule has 0 saturated carbocycles. The Morgan fingerprint density at radius 2 is 1.66 bits per heavy atom. The van der Waals surface area contributed by atoms with Crippen LogP contribution in [0.25, 0.3) is 0 Å². The maximum atomic E-state index is 13.3. The lowest BCUT2D eigenvalue weighted by molar-refractivity contribution is 0.0730. The van der Waals surface area contributed by atoms with Crippen LogP contribution in [0, 0.1) is 6.92 Å². The zero-order chi connectivity index (χ0) is 22.7. The lowest BCUT2D eigenvalue weighted by Crippen LogP contribution is -2.41. The number of ether oxygens (including phenoxy) is 2. The number of rotatable bonds is 6. The number of furan rings is 1. The predicted molar refractivity (Wildman–Crippen MR) is 118 cm³/mol. The average Bonchev–Trinajstić information content (AvgIpc) is 3.26. The topological polar surface area (TPSA) is 101 Å². The van der Waals surface area contributed by atoms with Crippen LogP contribution in [-0.2, 0) is 19.5 Å². The number of carbonyl (C=O) groups is 1. The average molecular weight is 464 g/mol. The van der Waals surface area contributed by atoms with Gasteiger partial charge in [-0.1, -0.05) is 0 Å². The Labute approximate surface area is 188 Å². The van der Waals surface area contributed by atoms with E-state index in [1.165, 1.54) is 10.4 Å². The molecule has 10 heteroatoms. The number of nitrogens with one attached hydrogen (secondary N) is 1. The van der Waals surface area contributed by atoms with Crippen LogP contribution in [-0.4, -0.2) is 71.2 Å². The molecule has 1 amide bonds. The van der Waals surface area contributed by atoms with Crippen molar-refractivity contribution in [1.82, 2.24) is 9.62 Å². The summed E-state index contributed by atoms with van der Waals surface area (Å²) in [6, 6.07) is 8.06. The first-order chi connectivity index (χ1) is 15.4. The van der Waals surface area contributed by atoms with Crippen LogP contribution in [0.4, 0.5) is 5.69 Å². The van der Waals surface area contributed by atoms with Crippen molar-refractivity contribution in [2.45, 2.75) is 24.8 Å². The van der Waals surface area contributed by atoms with Crippen molar-refractivity contribution in [3.8, 4) is 0 Å². The van der Waals surface area contributed by atoms with Crippen molar-refractivity contribution in [1.29, 1.82) is 0 Å². The normalized spacial score (nSPS) is 19.0. The third-order valence-electron chi connectivity index (χ3n) is 5.71. The van der Waals surface area contributed by atoms with Gasteiger partial charge in [0.15, 0.2) is 0 Å². The fourth-order valence-corrected chi connectivity index (χ4v) is 5.34. The van der Waals surface area contributed by atoms with Crippen molar-refractivity contribution in [2.75, 3.05) is 57.5 Å². The van der Waals surface area contributed by atoms with Gasteiger partial charge in [0.05, 0.1) is 42.9 Å². The highest BCUT2D eigenvalue weighted by atomic mass is 32.2. The molecular formula is C22H29N3O6S. The van der Waals surface area contributed by atoms with Crippen LogP contribution >= 0.6 is 0 Å². The third kappa shape index (κ3) is 4.83. The Bertz CT molecular complexity index is 1060. The molecular weight excluding hydrogens is 434 g/mol. The Morgan fingerprint density at radius 1 is 1.00 bits per heavy atom. The summed E-state index contributed by atoms with van der Waals surface area (Å²) in [6.45, 7) is 7.35. The quantitative estimate of drug-likeness (QED) is 0.699. The van der Waals surface area contributed by atoms with Gasteiger partial charge in [-0.05, 0) is 44.2 Å². The van der Waals surface area contributed by atoms with Gasteiger partial charge in [-0.3, -0.25) is 4.79 Å². The first-order valence-corrected chi connectivity index (χ1v) is 12.2. The van der Waals surface area contributed by atoms with Crippen LogP contribution in [0.15, 0.2) is 39.6 Å². The zero-order valence-corrected chi connectivity index (χ0v) is 19.2. The molecule has 0 bridgehead atoms. The van der Waals surface area contributed by atoms with Gasteiger partial charge in [0, 0.05) is 31.9 Å². The first kappa shape index (κ1) is 22.8. The summed E-state index contributed by atoms with van der Waals surface area (Å²) >= 11 is 0. The fourth-order valence-electron chi connectivity index (χ4n) is 3.91. The minimum atomic E-state index is -3.73. The molecule has 2 aliphatic rings. The van der Waals surface area contributed by atoms with Crippen LogP contribution < -0.4 is 10.2 Å². The predicted octanol–water partition coefficient (Wildman–Crippen LogP) is 1.94. The van der Waals surface area contributed by atoms with Crippen LogP contribution in [0.1, 0.15) is 34.8 Å². The molecule has 1 atom stereocenters. The zero-order valence-electron chi connectivity index (χ0n) is 18.4. The molecule has 9 nitrogen and oxygen atoms in total. The van der Waals surface area contributed by atoms with E-state index >= 15 is 0 Å². The molecule has 4 rings (SSSR count). The van der Waals surface area contributed by atoms with E-state index in [0.29, 0.717) is 69.6 Å². The molecule has 2 aliphatic heterocycles. The Balaban J connectivity index is 1.66. The van der Waals surface area contributed by atoms with Gasteiger partial charge in [0.25, 0.3) is 5.91 Å². The van der Waals surface area contributed by atoms with Gasteiger partial charge < -0.3 is 24.1 Å². The Hall–Kier alpha value is -2.40. The van der Waals surface area contributed by atoms with E-state index in [0.717, 1.165) is 5.76 Å². The molecule has 1 aromatic heterocycles. The fraction of sp³-hybridized carbons (Fsp3) is 0.500. The number of nitrogens with zero attached hydrogens (tertiary/aromatic N) is 2. The highest BCUT2D eigenvalue weighted by Crippen LogP contribution is 2.28. The maximum absolute atomic E-state index is 13.3. The third-order valence-corrected chi connectivity index (χ3v) is 7.60. The summed E-state index contributed by atoms with van der Waals surface area (Å²) in [5, 5.41) is 2.94. The first-order valence-electron chi connectivity index (χ1n) is 10.8. The monoisotopic (exact) mass is 463 g/mol. The SMILES string of the molecule is Cc1ccc(C(C)NC(=O)c2cc(S(=O)(=O)N3CCOCC3)ccc2N2CCOCC2)o1. The molecule has 32 heavy (non-hydrogen) atoms. The van der Waals surface area contributed by atoms with Crippen molar-refractivity contribution < 1.29 is 27.1 Å². The largest absolute Gasteiger partial charge is 0.464 e. The molecule has 2 aromatic rings. The molecule has 3 heterocycles. The van der Waals surface area contributed by atoms with Gasteiger partial charge in [-0.25, -0.2) is 8.42 Å². The molecule has 174 valence electrons. The summed E-state index contributed by atoms with van der Waals surface area (Å²) in [5.41, 5.74) is 1.01. The second kappa shape index (κ2) is 9.62. The summed E-state index contributed by atoms with van der Waals surface area (Å²) < 4.78 is 44.1. The highest BCUT2D eigenvalue weighted by Gasteiger charge is 2.29. The number of anilines is 1. The standard InChI is InChI=1S/C22H29N3O6S/c1-16-3-6-21(31-16)17(2)23-22(26)19-15-18(32(27,28)25-9-13-30-14-10-25)4-5-20(19)24-7-11-29-12-8-24/h3-6,15,17H,7-14H2,1-2H3,(H,23,26). The number of aryl methyl sites for hydroxylation is 1. The molecule has 1 aromatic carbocycles. The minimum Gasteiger partial charge on any atom is -0.464 e. The second-order valence-electron chi connectivity index (χ2n) is 7.94. The van der Waals surface area contributed by atoms with Gasteiger partial charge in [-0.15, -0.1) is 0 Å². The van der Waals surface area contributed by atoms with Crippen molar-refractivity contribution >= 4 is 21.6 Å². The van der Waals surface area contributed by atoms with Crippen LogP contribution in [0.2, 0.25) is 0 Å². The van der Waals surface area contributed by atoms with Gasteiger partial charge in [-0.2, -0.15) is 4.31 Å². The summed E-state index contributed by atoms with van der Waals surface area (Å²) in [4.78, 5) is 15.5. The van der Waals surface area contributed by atoms with Crippen molar-refractivity contribution in [2.24, 2.45) is 0 Å². The van der Waals surface area contributed by atoms with E-state index in [9.17, 15) is 13.2 Å². The summed E-state index contributed by atoms with van der Waals surface area (Å²) in [7, 11) is -3.73. The number of benzene rings is 1. The van der Waals surface area contributed by atoms with E-state index in [-0.39, 0.29) is 16.8 Å². The maximum Gasteiger partial charge on any atom is 0.254 e. The van der Waals surface area contributed by atoms with Crippen molar-refractivity contribution in [3.05, 3.63) is 47.4 Å². The molecule has 2 saturated heterocycles. The smallest absolute Gasteiger partial charge is 0.254 e. The van der Waals surface area contributed by atoms with E-state index < -0.39 is 10.0 Å². The van der Waals surface area contributed by atoms with Gasteiger partial charge in [0.2, 0.25) is 10.0 Å².